The van der Waals surface area contributed by atoms with E-state index in [1.54, 1.807) is 0 Å². The van der Waals surface area contributed by atoms with Crippen LogP contribution in [0.5, 0.6) is 0 Å². The monoisotopic (exact) mass is 304 g/mol. The van der Waals surface area contributed by atoms with E-state index in [2.05, 4.69) is 0 Å². The third kappa shape index (κ3) is 3.70. The van der Waals surface area contributed by atoms with E-state index in [1.165, 1.54) is 29.8 Å². The van der Waals surface area contributed by atoms with Gasteiger partial charge in [0.05, 0.1) is 11.5 Å². The maximum Gasteiger partial charge on any atom is 0.158 e. The van der Waals surface area contributed by atoms with E-state index in [0.29, 0.717) is 11.5 Å². The van der Waals surface area contributed by atoms with Gasteiger partial charge in [-0.2, -0.15) is 0 Å². The molecule has 0 bridgehead atoms. The number of hydrogen-bond donors (Lipinski definition) is 0. The second-order valence-electron chi connectivity index (χ2n) is 5.63. The first-order valence-corrected chi connectivity index (χ1v) is 8.88. The molecule has 2 nitrogen and oxygen atoms in total. The SMILES string of the molecule is O=S(=O)(Cc1ccc(F)cc1)Cc1ccccc1C1CC1. The van der Waals surface area contributed by atoms with Gasteiger partial charge in [-0.3, -0.25) is 0 Å². The lowest BCUT2D eigenvalue weighted by Gasteiger charge is -2.09. The van der Waals surface area contributed by atoms with E-state index in [-0.39, 0.29) is 17.3 Å². The Morgan fingerprint density at radius 3 is 2.29 bits per heavy atom. The highest BCUT2D eigenvalue weighted by atomic mass is 32.2. The Balaban J connectivity index is 1.78. The summed E-state index contributed by atoms with van der Waals surface area (Å²) < 4.78 is 37.6. The molecule has 3 rings (SSSR count). The van der Waals surface area contributed by atoms with E-state index < -0.39 is 9.84 Å². The quantitative estimate of drug-likeness (QED) is 0.841. The van der Waals surface area contributed by atoms with Crippen molar-refractivity contribution in [3.8, 4) is 0 Å². The minimum atomic E-state index is -3.25. The second kappa shape index (κ2) is 5.60. The zero-order valence-corrected chi connectivity index (χ0v) is 12.4. The van der Waals surface area contributed by atoms with Crippen molar-refractivity contribution in [1.82, 2.24) is 0 Å². The van der Waals surface area contributed by atoms with Crippen molar-refractivity contribution < 1.29 is 12.8 Å². The van der Waals surface area contributed by atoms with Crippen LogP contribution in [0.3, 0.4) is 0 Å². The van der Waals surface area contributed by atoms with Gasteiger partial charge in [0.25, 0.3) is 0 Å². The fourth-order valence-electron chi connectivity index (χ4n) is 2.58. The van der Waals surface area contributed by atoms with Crippen LogP contribution in [0, 0.1) is 5.82 Å². The zero-order chi connectivity index (χ0) is 14.9. The van der Waals surface area contributed by atoms with Gasteiger partial charge in [0.15, 0.2) is 9.84 Å². The van der Waals surface area contributed by atoms with Crippen LogP contribution in [-0.4, -0.2) is 8.42 Å². The van der Waals surface area contributed by atoms with Gasteiger partial charge in [-0.1, -0.05) is 36.4 Å². The predicted molar refractivity (Wildman–Crippen MR) is 81.1 cm³/mol. The highest BCUT2D eigenvalue weighted by Gasteiger charge is 2.27. The minimum Gasteiger partial charge on any atom is -0.228 e. The molecule has 0 heterocycles. The van der Waals surface area contributed by atoms with Crippen LogP contribution in [0.1, 0.15) is 35.4 Å². The summed E-state index contributed by atoms with van der Waals surface area (Å²) in [4.78, 5) is 0. The third-order valence-electron chi connectivity index (χ3n) is 3.75. The van der Waals surface area contributed by atoms with Crippen LogP contribution in [0.25, 0.3) is 0 Å². The molecule has 0 radical (unpaired) electrons. The number of sulfone groups is 1. The van der Waals surface area contributed by atoms with Crippen molar-refractivity contribution in [2.45, 2.75) is 30.3 Å². The fourth-order valence-corrected chi connectivity index (χ4v) is 4.12. The summed E-state index contributed by atoms with van der Waals surface area (Å²) in [5, 5.41) is 0. The molecule has 4 heteroatoms. The topological polar surface area (TPSA) is 34.1 Å². The Labute approximate surface area is 124 Å². The molecule has 0 aliphatic heterocycles. The molecular formula is C17H17FO2S. The van der Waals surface area contributed by atoms with Gasteiger partial charge in [-0.15, -0.1) is 0 Å². The second-order valence-corrected chi connectivity index (χ2v) is 7.70. The lowest BCUT2D eigenvalue weighted by molar-refractivity contribution is 0.593. The lowest BCUT2D eigenvalue weighted by Crippen LogP contribution is -2.09. The molecule has 1 saturated carbocycles. The maximum absolute atomic E-state index is 12.9. The number of rotatable bonds is 5. The van der Waals surface area contributed by atoms with Gasteiger partial charge in [-0.25, -0.2) is 12.8 Å². The molecule has 21 heavy (non-hydrogen) atoms. The van der Waals surface area contributed by atoms with Crippen LogP contribution in [0.4, 0.5) is 4.39 Å². The molecule has 1 aliphatic rings. The predicted octanol–water partition coefficient (Wildman–Crippen LogP) is 3.82. The lowest BCUT2D eigenvalue weighted by atomic mass is 10.1. The molecule has 2 aromatic rings. The molecule has 110 valence electrons. The average molecular weight is 304 g/mol. The maximum atomic E-state index is 12.9. The molecule has 2 aromatic carbocycles. The van der Waals surface area contributed by atoms with Crippen molar-refractivity contribution in [2.75, 3.05) is 0 Å². The Hall–Kier alpha value is -1.68. The Morgan fingerprint density at radius 2 is 1.62 bits per heavy atom. The number of halogens is 1. The number of hydrogen-bond acceptors (Lipinski definition) is 2. The minimum absolute atomic E-state index is 0.0493. The standard InChI is InChI=1S/C17H17FO2S/c18-16-9-5-13(6-10-16)11-21(19,20)12-15-3-1-2-4-17(15)14-7-8-14/h1-6,9-10,14H,7-8,11-12H2. The summed E-state index contributed by atoms with van der Waals surface area (Å²) in [6.07, 6.45) is 2.30. The van der Waals surface area contributed by atoms with Gasteiger partial charge in [0, 0.05) is 0 Å². The highest BCUT2D eigenvalue weighted by Crippen LogP contribution is 2.42. The van der Waals surface area contributed by atoms with Gasteiger partial charge in [0.1, 0.15) is 5.82 Å². The fraction of sp³-hybridized carbons (Fsp3) is 0.294. The Morgan fingerprint density at radius 1 is 0.952 bits per heavy atom. The highest BCUT2D eigenvalue weighted by molar-refractivity contribution is 7.89. The molecule has 0 aromatic heterocycles. The van der Waals surface area contributed by atoms with E-state index >= 15 is 0 Å². The summed E-state index contributed by atoms with van der Waals surface area (Å²) in [5.74, 6) is 0.181. The van der Waals surface area contributed by atoms with Crippen molar-refractivity contribution in [3.63, 3.8) is 0 Å². The van der Waals surface area contributed by atoms with Crippen molar-refractivity contribution in [1.29, 1.82) is 0 Å². The first-order valence-electron chi connectivity index (χ1n) is 7.06. The molecular weight excluding hydrogens is 287 g/mol. The third-order valence-corrected chi connectivity index (χ3v) is 5.27. The Bertz CT molecular complexity index is 732. The summed E-state index contributed by atoms with van der Waals surface area (Å²) in [6.45, 7) is 0. The summed E-state index contributed by atoms with van der Waals surface area (Å²) >= 11 is 0. The first kappa shape index (κ1) is 14.3. The summed E-state index contributed by atoms with van der Waals surface area (Å²) in [6, 6.07) is 13.4. The largest absolute Gasteiger partial charge is 0.228 e. The molecule has 0 N–H and O–H groups in total. The summed E-state index contributed by atoms with van der Waals surface area (Å²) in [5.41, 5.74) is 2.70. The van der Waals surface area contributed by atoms with E-state index in [0.717, 1.165) is 18.4 Å². The van der Waals surface area contributed by atoms with Crippen LogP contribution in [-0.2, 0) is 21.3 Å². The van der Waals surface area contributed by atoms with Crippen LogP contribution in [0.15, 0.2) is 48.5 Å². The molecule has 0 atom stereocenters. The first-order chi connectivity index (χ1) is 10.0. The van der Waals surface area contributed by atoms with Crippen molar-refractivity contribution in [2.24, 2.45) is 0 Å². The van der Waals surface area contributed by atoms with Gasteiger partial charge >= 0.3 is 0 Å². The van der Waals surface area contributed by atoms with Crippen LogP contribution in [0.2, 0.25) is 0 Å². The summed E-state index contributed by atoms with van der Waals surface area (Å²) in [7, 11) is -3.25. The molecule has 0 saturated heterocycles. The van der Waals surface area contributed by atoms with Crippen molar-refractivity contribution in [3.05, 3.63) is 71.0 Å². The normalized spacial score (nSPS) is 15.1. The molecule has 1 fully saturated rings. The zero-order valence-electron chi connectivity index (χ0n) is 11.6. The van der Waals surface area contributed by atoms with Crippen molar-refractivity contribution >= 4 is 9.84 Å². The van der Waals surface area contributed by atoms with Crippen LogP contribution >= 0.6 is 0 Å². The average Bonchev–Trinajstić information content (AvgIpc) is 3.26. The van der Waals surface area contributed by atoms with Gasteiger partial charge < -0.3 is 0 Å². The van der Waals surface area contributed by atoms with Crippen LogP contribution < -0.4 is 0 Å². The van der Waals surface area contributed by atoms with E-state index in [4.69, 9.17) is 0 Å². The molecule has 1 aliphatic carbocycles. The van der Waals surface area contributed by atoms with E-state index in [9.17, 15) is 12.8 Å². The van der Waals surface area contributed by atoms with E-state index in [1.807, 2.05) is 24.3 Å². The number of benzene rings is 2. The Kier molecular flexibility index (Phi) is 3.81. The molecule has 0 unspecified atom stereocenters. The molecule has 0 amide bonds. The smallest absolute Gasteiger partial charge is 0.158 e. The molecule has 0 spiro atoms. The van der Waals surface area contributed by atoms with Gasteiger partial charge in [0.2, 0.25) is 0 Å². The van der Waals surface area contributed by atoms with Gasteiger partial charge in [-0.05, 0) is 47.6 Å².